The van der Waals surface area contributed by atoms with Crippen molar-refractivity contribution < 1.29 is 19.4 Å². The molecule has 1 N–H and O–H groups in total. The smallest absolute Gasteiger partial charge is 0.353 e. The number of hydrogen-bond acceptors (Lipinski definition) is 5. The summed E-state index contributed by atoms with van der Waals surface area (Å²) < 4.78 is 13.5. The molecule has 0 unspecified atom stereocenters. The Balaban J connectivity index is 1.63. The average Bonchev–Trinajstić information content (AvgIpc) is 3.22. The average molecular weight is 528 g/mol. The first-order valence-electron chi connectivity index (χ1n) is 12.3. The molecule has 5 aromatic rings. The SMILES string of the molecule is CC(C)Oc1ccc(-n2c(C(=O)O)c(CCc3ccccn3)c3nc(Oc4cccc(Cl)c4)ccc32)cc1. The Kier molecular flexibility index (Phi) is 7.29. The molecule has 0 aliphatic heterocycles. The zero-order valence-electron chi connectivity index (χ0n) is 21.0. The van der Waals surface area contributed by atoms with Crippen LogP contribution in [-0.4, -0.2) is 31.7 Å². The molecule has 8 heteroatoms. The molecule has 0 aliphatic carbocycles. The predicted molar refractivity (Wildman–Crippen MR) is 147 cm³/mol. The molecule has 7 nitrogen and oxygen atoms in total. The van der Waals surface area contributed by atoms with Crippen LogP contribution in [0.5, 0.6) is 17.4 Å². The van der Waals surface area contributed by atoms with Crippen LogP contribution in [0.25, 0.3) is 16.7 Å². The quantitative estimate of drug-likeness (QED) is 0.219. The van der Waals surface area contributed by atoms with E-state index >= 15 is 0 Å². The largest absolute Gasteiger partial charge is 0.491 e. The number of aromatic nitrogens is 3. The van der Waals surface area contributed by atoms with Gasteiger partial charge in [0.05, 0.1) is 17.1 Å². The van der Waals surface area contributed by atoms with Crippen molar-refractivity contribution >= 4 is 28.6 Å². The van der Waals surface area contributed by atoms with Crippen molar-refractivity contribution in [1.82, 2.24) is 14.5 Å². The molecule has 0 radical (unpaired) electrons. The number of aromatic carboxylic acids is 1. The highest BCUT2D eigenvalue weighted by Crippen LogP contribution is 2.33. The fourth-order valence-electron chi connectivity index (χ4n) is 4.39. The van der Waals surface area contributed by atoms with Gasteiger partial charge in [-0.3, -0.25) is 4.98 Å². The molecular formula is C30H26ClN3O4. The summed E-state index contributed by atoms with van der Waals surface area (Å²) in [6.45, 7) is 3.91. The number of carboxylic acid groups (broad SMARTS) is 1. The van der Waals surface area contributed by atoms with E-state index in [0.717, 1.165) is 5.69 Å². The van der Waals surface area contributed by atoms with Crippen molar-refractivity contribution in [3.05, 3.63) is 107 Å². The van der Waals surface area contributed by atoms with E-state index in [1.165, 1.54) is 0 Å². The summed E-state index contributed by atoms with van der Waals surface area (Å²) >= 11 is 6.11. The summed E-state index contributed by atoms with van der Waals surface area (Å²) in [5.41, 5.74) is 3.54. The predicted octanol–water partition coefficient (Wildman–Crippen LogP) is 7.14. The first kappa shape index (κ1) is 25.3. The molecule has 0 saturated heterocycles. The van der Waals surface area contributed by atoms with Crippen LogP contribution in [-0.2, 0) is 12.8 Å². The zero-order valence-corrected chi connectivity index (χ0v) is 21.7. The van der Waals surface area contributed by atoms with Gasteiger partial charge in [0.15, 0.2) is 0 Å². The minimum atomic E-state index is -1.04. The van der Waals surface area contributed by atoms with Crippen LogP contribution in [0.1, 0.15) is 35.6 Å². The number of carbonyl (C=O) groups is 1. The number of rotatable bonds is 9. The first-order valence-corrected chi connectivity index (χ1v) is 12.6. The lowest BCUT2D eigenvalue weighted by Crippen LogP contribution is -2.10. The van der Waals surface area contributed by atoms with Crippen molar-refractivity contribution in [2.75, 3.05) is 0 Å². The van der Waals surface area contributed by atoms with Gasteiger partial charge in [0.2, 0.25) is 5.88 Å². The van der Waals surface area contributed by atoms with E-state index in [1.54, 1.807) is 41.1 Å². The third kappa shape index (κ3) is 5.48. The normalized spacial score (nSPS) is 11.2. The minimum absolute atomic E-state index is 0.0307. The third-order valence-corrected chi connectivity index (χ3v) is 6.16. The Morgan fingerprint density at radius 2 is 1.79 bits per heavy atom. The maximum Gasteiger partial charge on any atom is 0.353 e. The topological polar surface area (TPSA) is 86.5 Å². The summed E-state index contributed by atoms with van der Waals surface area (Å²) in [5.74, 6) is 0.549. The van der Waals surface area contributed by atoms with Gasteiger partial charge < -0.3 is 19.1 Å². The fraction of sp³-hybridized carbons (Fsp3) is 0.167. The summed E-state index contributed by atoms with van der Waals surface area (Å²) in [4.78, 5) is 21.9. The molecule has 0 saturated carbocycles. The van der Waals surface area contributed by atoms with Gasteiger partial charge in [0.1, 0.15) is 17.2 Å². The van der Waals surface area contributed by atoms with Crippen molar-refractivity contribution in [3.63, 3.8) is 0 Å². The Morgan fingerprint density at radius 3 is 2.47 bits per heavy atom. The maximum atomic E-state index is 12.7. The number of pyridine rings is 2. The third-order valence-electron chi connectivity index (χ3n) is 5.93. The second-order valence-electron chi connectivity index (χ2n) is 9.03. The van der Waals surface area contributed by atoms with Crippen molar-refractivity contribution in [2.45, 2.75) is 32.8 Å². The summed E-state index contributed by atoms with van der Waals surface area (Å²) in [6, 6.07) is 23.7. The van der Waals surface area contributed by atoms with Crippen molar-refractivity contribution in [1.29, 1.82) is 0 Å². The number of hydrogen-bond donors (Lipinski definition) is 1. The molecule has 0 spiro atoms. The van der Waals surface area contributed by atoms with E-state index in [4.69, 9.17) is 26.1 Å². The van der Waals surface area contributed by atoms with Gasteiger partial charge in [-0.25, -0.2) is 9.78 Å². The molecule has 0 fully saturated rings. The second-order valence-corrected chi connectivity index (χ2v) is 9.46. The number of fused-ring (bicyclic) bond motifs is 1. The molecule has 192 valence electrons. The Bertz CT molecular complexity index is 1580. The molecule has 0 aliphatic rings. The molecule has 5 rings (SSSR count). The summed E-state index contributed by atoms with van der Waals surface area (Å²) in [7, 11) is 0. The number of benzene rings is 2. The van der Waals surface area contributed by atoms with E-state index < -0.39 is 5.97 Å². The van der Waals surface area contributed by atoms with Gasteiger partial charge in [-0.05, 0) is 87.4 Å². The molecule has 0 amide bonds. The van der Waals surface area contributed by atoms with E-state index in [-0.39, 0.29) is 11.8 Å². The first-order chi connectivity index (χ1) is 18.4. The van der Waals surface area contributed by atoms with E-state index in [2.05, 4.69) is 4.98 Å². The van der Waals surface area contributed by atoms with Gasteiger partial charge in [0.25, 0.3) is 0 Å². The monoisotopic (exact) mass is 527 g/mol. The van der Waals surface area contributed by atoms with Gasteiger partial charge in [-0.15, -0.1) is 0 Å². The molecule has 0 atom stereocenters. The highest BCUT2D eigenvalue weighted by molar-refractivity contribution is 6.30. The minimum Gasteiger partial charge on any atom is -0.491 e. The van der Waals surface area contributed by atoms with E-state index in [0.29, 0.717) is 57.5 Å². The van der Waals surface area contributed by atoms with Crippen LogP contribution in [0.4, 0.5) is 0 Å². The maximum absolute atomic E-state index is 12.7. The van der Waals surface area contributed by atoms with Gasteiger partial charge >= 0.3 is 5.97 Å². The lowest BCUT2D eigenvalue weighted by Gasteiger charge is -2.12. The van der Waals surface area contributed by atoms with Gasteiger partial charge in [-0.2, -0.15) is 0 Å². The Hall–Kier alpha value is -4.36. The summed E-state index contributed by atoms with van der Waals surface area (Å²) in [5, 5.41) is 10.9. The number of aryl methyl sites for hydroxylation is 2. The molecular weight excluding hydrogens is 502 g/mol. The highest BCUT2D eigenvalue weighted by atomic mass is 35.5. The lowest BCUT2D eigenvalue weighted by atomic mass is 10.1. The zero-order chi connectivity index (χ0) is 26.6. The highest BCUT2D eigenvalue weighted by Gasteiger charge is 2.25. The van der Waals surface area contributed by atoms with Crippen molar-refractivity contribution in [2.24, 2.45) is 0 Å². The lowest BCUT2D eigenvalue weighted by molar-refractivity contribution is 0.0687. The van der Waals surface area contributed by atoms with E-state index in [1.807, 2.05) is 62.4 Å². The van der Waals surface area contributed by atoms with E-state index in [9.17, 15) is 9.90 Å². The molecule has 3 aromatic heterocycles. The molecule has 2 aromatic carbocycles. The summed E-state index contributed by atoms with van der Waals surface area (Å²) in [6.07, 6.45) is 2.75. The van der Waals surface area contributed by atoms with Crippen LogP contribution in [0, 0.1) is 0 Å². The number of halogens is 1. The standard InChI is InChI=1S/C30H26ClN3O4/c1-19(2)37-23-12-10-22(11-13-23)34-26-15-16-27(38-24-8-5-6-20(31)18-24)33-28(26)25(29(34)30(35)36)14-9-21-7-3-4-17-32-21/h3-8,10-13,15-19H,9,14H2,1-2H3,(H,35,36). The fourth-order valence-corrected chi connectivity index (χ4v) is 4.57. The van der Waals surface area contributed by atoms with Gasteiger partial charge in [0, 0.05) is 34.2 Å². The molecule has 3 heterocycles. The van der Waals surface area contributed by atoms with Crippen LogP contribution in [0.2, 0.25) is 5.02 Å². The van der Waals surface area contributed by atoms with Crippen LogP contribution in [0.3, 0.4) is 0 Å². The number of ether oxygens (including phenoxy) is 2. The Morgan fingerprint density at radius 1 is 0.974 bits per heavy atom. The second kappa shape index (κ2) is 10.9. The number of carboxylic acids is 1. The number of nitrogens with zero attached hydrogens (tertiary/aromatic N) is 3. The van der Waals surface area contributed by atoms with Gasteiger partial charge in [-0.1, -0.05) is 23.7 Å². The van der Waals surface area contributed by atoms with Crippen LogP contribution >= 0.6 is 11.6 Å². The Labute approximate surface area is 225 Å². The van der Waals surface area contributed by atoms with Crippen LogP contribution < -0.4 is 9.47 Å². The molecule has 38 heavy (non-hydrogen) atoms. The van der Waals surface area contributed by atoms with Crippen molar-refractivity contribution in [3.8, 4) is 23.1 Å². The molecule has 0 bridgehead atoms. The van der Waals surface area contributed by atoms with Crippen LogP contribution in [0.15, 0.2) is 85.1 Å².